The van der Waals surface area contributed by atoms with Crippen LogP contribution in [0.3, 0.4) is 0 Å². The Balaban J connectivity index is 1.74. The number of ether oxygens (including phenoxy) is 5. The Morgan fingerprint density at radius 3 is 2.30 bits per heavy atom. The van der Waals surface area contributed by atoms with Gasteiger partial charge in [0, 0.05) is 18.1 Å². The van der Waals surface area contributed by atoms with Crippen molar-refractivity contribution in [1.29, 1.82) is 0 Å². The second kappa shape index (κ2) is 9.45. The molecule has 0 radical (unpaired) electrons. The molecule has 4 atom stereocenters. The van der Waals surface area contributed by atoms with E-state index in [0.29, 0.717) is 46.3 Å². The summed E-state index contributed by atoms with van der Waals surface area (Å²) in [7, 11) is 0. The molecule has 4 unspecified atom stereocenters. The van der Waals surface area contributed by atoms with Gasteiger partial charge in [-0.05, 0) is 49.6 Å². The van der Waals surface area contributed by atoms with Crippen molar-refractivity contribution in [2.75, 3.05) is 20.2 Å². The Hall–Kier alpha value is -3.46. The summed E-state index contributed by atoms with van der Waals surface area (Å²) in [5.41, 5.74) is -1.93. The third-order valence-corrected chi connectivity index (χ3v) is 8.26. The molecule has 1 aliphatic carbocycles. The molecular weight excluding hydrogens is 480 g/mol. The van der Waals surface area contributed by atoms with Gasteiger partial charge in [0.2, 0.25) is 13.6 Å². The molecule has 0 bridgehead atoms. The van der Waals surface area contributed by atoms with Gasteiger partial charge in [-0.3, -0.25) is 9.59 Å². The van der Waals surface area contributed by atoms with Crippen molar-refractivity contribution in [3.05, 3.63) is 47.0 Å². The zero-order valence-corrected chi connectivity index (χ0v) is 21.2. The van der Waals surface area contributed by atoms with E-state index in [1.165, 1.54) is 13.8 Å². The Labute approximate surface area is 215 Å². The SMILES string of the molecule is CCCCCCOC1c2ccc3c(c2C(c2ccc4c(c2)OCO4)C(C)(C(=O)O)C1(C)C(=O)O)OCO3. The van der Waals surface area contributed by atoms with E-state index in [0.717, 1.165) is 25.7 Å². The second-order valence-electron chi connectivity index (χ2n) is 10.2. The topological polar surface area (TPSA) is 121 Å². The number of benzene rings is 2. The Morgan fingerprint density at radius 1 is 0.892 bits per heavy atom. The van der Waals surface area contributed by atoms with Crippen LogP contribution < -0.4 is 18.9 Å². The summed E-state index contributed by atoms with van der Waals surface area (Å²) in [6.07, 6.45) is 2.75. The highest BCUT2D eigenvalue weighted by atomic mass is 16.7. The zero-order valence-electron chi connectivity index (χ0n) is 21.2. The van der Waals surface area contributed by atoms with Crippen LogP contribution >= 0.6 is 0 Å². The van der Waals surface area contributed by atoms with Gasteiger partial charge in [-0.1, -0.05) is 38.3 Å². The number of aliphatic carboxylic acids is 2. The van der Waals surface area contributed by atoms with Crippen LogP contribution in [0.4, 0.5) is 0 Å². The third-order valence-electron chi connectivity index (χ3n) is 8.26. The van der Waals surface area contributed by atoms with E-state index < -0.39 is 34.8 Å². The van der Waals surface area contributed by atoms with Crippen molar-refractivity contribution in [3.8, 4) is 23.0 Å². The molecule has 5 rings (SSSR count). The van der Waals surface area contributed by atoms with Crippen molar-refractivity contribution in [2.24, 2.45) is 10.8 Å². The van der Waals surface area contributed by atoms with Gasteiger partial charge in [0.1, 0.15) is 5.41 Å². The normalized spacial score (nSPS) is 27.1. The Kier molecular flexibility index (Phi) is 6.43. The maximum Gasteiger partial charge on any atom is 0.313 e. The first-order chi connectivity index (χ1) is 17.7. The maximum absolute atomic E-state index is 13.2. The van der Waals surface area contributed by atoms with Crippen LogP contribution in [0.25, 0.3) is 0 Å². The molecule has 0 amide bonds. The lowest BCUT2D eigenvalue weighted by Crippen LogP contribution is -2.59. The number of carbonyl (C=O) groups is 2. The van der Waals surface area contributed by atoms with Crippen LogP contribution in [-0.4, -0.2) is 42.3 Å². The number of hydrogen-bond acceptors (Lipinski definition) is 7. The Morgan fingerprint density at radius 2 is 1.57 bits per heavy atom. The highest BCUT2D eigenvalue weighted by Gasteiger charge is 2.68. The van der Waals surface area contributed by atoms with E-state index >= 15 is 0 Å². The molecule has 9 nitrogen and oxygen atoms in total. The number of carboxylic acid groups (broad SMARTS) is 2. The van der Waals surface area contributed by atoms with Crippen LogP contribution in [-0.2, 0) is 14.3 Å². The molecule has 2 N–H and O–H groups in total. The van der Waals surface area contributed by atoms with Gasteiger partial charge in [0.15, 0.2) is 23.0 Å². The van der Waals surface area contributed by atoms with Crippen molar-refractivity contribution >= 4 is 11.9 Å². The fourth-order valence-electron chi connectivity index (χ4n) is 5.97. The van der Waals surface area contributed by atoms with Gasteiger partial charge >= 0.3 is 11.9 Å². The standard InChI is InChI=1S/C28H32O9/c1-4-5-6-7-12-33-24-17-9-11-19-23(37-15-35-19)21(17)22(16-8-10-18-20(13-16)36-14-34-18)27(2,25(29)30)28(24,3)26(31)32/h8-11,13,22,24H,4-7,12,14-15H2,1-3H3,(H,29,30)(H,31,32). The molecular formula is C28H32O9. The van der Waals surface area contributed by atoms with Gasteiger partial charge in [-0.15, -0.1) is 0 Å². The third kappa shape index (κ3) is 3.70. The van der Waals surface area contributed by atoms with Crippen molar-refractivity contribution in [2.45, 2.75) is 58.5 Å². The van der Waals surface area contributed by atoms with Crippen LogP contribution in [0, 0.1) is 10.8 Å². The molecule has 198 valence electrons. The smallest absolute Gasteiger partial charge is 0.313 e. The van der Waals surface area contributed by atoms with Gasteiger partial charge in [-0.25, -0.2) is 0 Å². The summed E-state index contributed by atoms with van der Waals surface area (Å²) in [6.45, 7) is 5.44. The van der Waals surface area contributed by atoms with E-state index in [2.05, 4.69) is 6.92 Å². The van der Waals surface area contributed by atoms with Gasteiger partial charge in [-0.2, -0.15) is 0 Å². The highest BCUT2D eigenvalue weighted by Crippen LogP contribution is 2.66. The van der Waals surface area contributed by atoms with Gasteiger partial charge in [0.05, 0.1) is 11.5 Å². The predicted octanol–water partition coefficient (Wildman–Crippen LogP) is 5.11. The summed E-state index contributed by atoms with van der Waals surface area (Å²) >= 11 is 0. The van der Waals surface area contributed by atoms with E-state index in [4.69, 9.17) is 23.7 Å². The van der Waals surface area contributed by atoms with Crippen LogP contribution in [0.5, 0.6) is 23.0 Å². The van der Waals surface area contributed by atoms with E-state index in [9.17, 15) is 19.8 Å². The number of hydrogen-bond donors (Lipinski definition) is 2. The maximum atomic E-state index is 13.2. The fraction of sp³-hybridized carbons (Fsp3) is 0.500. The summed E-state index contributed by atoms with van der Waals surface area (Å²) in [5.74, 6) is -1.48. The lowest BCUT2D eigenvalue weighted by atomic mass is 9.49. The predicted molar refractivity (Wildman–Crippen MR) is 131 cm³/mol. The number of carboxylic acids is 2. The molecule has 9 heteroatoms. The zero-order chi connectivity index (χ0) is 26.4. The first-order valence-corrected chi connectivity index (χ1v) is 12.7. The minimum Gasteiger partial charge on any atom is -0.481 e. The van der Waals surface area contributed by atoms with E-state index in [1.54, 1.807) is 30.3 Å². The molecule has 0 fully saturated rings. The van der Waals surface area contributed by atoms with E-state index in [1.807, 2.05) is 0 Å². The van der Waals surface area contributed by atoms with Gasteiger partial charge in [0.25, 0.3) is 0 Å². The van der Waals surface area contributed by atoms with Gasteiger partial charge < -0.3 is 33.9 Å². The second-order valence-corrected chi connectivity index (χ2v) is 10.2. The number of unbranched alkanes of at least 4 members (excludes halogenated alkanes) is 3. The lowest BCUT2D eigenvalue weighted by Gasteiger charge is -2.53. The summed E-state index contributed by atoms with van der Waals surface area (Å²) < 4.78 is 28.9. The summed E-state index contributed by atoms with van der Waals surface area (Å²) in [6, 6.07) is 8.71. The fourth-order valence-corrected chi connectivity index (χ4v) is 5.97. The highest BCUT2D eigenvalue weighted by molar-refractivity contribution is 5.90. The molecule has 37 heavy (non-hydrogen) atoms. The first kappa shape index (κ1) is 25.2. The van der Waals surface area contributed by atoms with E-state index in [-0.39, 0.29) is 13.6 Å². The average molecular weight is 513 g/mol. The van der Waals surface area contributed by atoms with Crippen LogP contribution in [0.2, 0.25) is 0 Å². The summed E-state index contributed by atoms with van der Waals surface area (Å²) in [5, 5.41) is 21.5. The first-order valence-electron chi connectivity index (χ1n) is 12.7. The molecule has 2 aliphatic heterocycles. The molecule has 2 aromatic rings. The minimum absolute atomic E-state index is 0.0117. The van der Waals surface area contributed by atoms with Crippen LogP contribution in [0.1, 0.15) is 75.2 Å². The van der Waals surface area contributed by atoms with Crippen molar-refractivity contribution in [3.63, 3.8) is 0 Å². The largest absolute Gasteiger partial charge is 0.481 e. The Bertz CT molecular complexity index is 1220. The number of rotatable bonds is 9. The van der Waals surface area contributed by atoms with Crippen molar-refractivity contribution < 1.29 is 43.5 Å². The van der Waals surface area contributed by atoms with Crippen molar-refractivity contribution in [1.82, 2.24) is 0 Å². The number of fused-ring (bicyclic) bond motifs is 4. The molecule has 3 aliphatic rings. The summed E-state index contributed by atoms with van der Waals surface area (Å²) in [4.78, 5) is 26.3. The molecule has 0 spiro atoms. The lowest BCUT2D eigenvalue weighted by molar-refractivity contribution is -0.193. The quantitative estimate of drug-likeness (QED) is 0.442. The molecule has 0 saturated heterocycles. The monoisotopic (exact) mass is 512 g/mol. The molecule has 0 aromatic heterocycles. The molecule has 2 aromatic carbocycles. The molecule has 2 heterocycles. The minimum atomic E-state index is -1.84. The molecule has 0 saturated carbocycles. The average Bonchev–Trinajstić information content (AvgIpc) is 3.54. The van der Waals surface area contributed by atoms with Crippen LogP contribution in [0.15, 0.2) is 30.3 Å².